The van der Waals surface area contributed by atoms with Crippen molar-refractivity contribution >= 4 is 39.7 Å². The molecule has 2 aliphatic heterocycles. The smallest absolute Gasteiger partial charge is 0.174 e. The summed E-state index contributed by atoms with van der Waals surface area (Å²) in [5.74, 6) is 0. The maximum Gasteiger partial charge on any atom is 0.174 e. The molecule has 2 aliphatic rings. The molecule has 36 heavy (non-hydrogen) atoms. The fraction of sp³-hybridized carbons (Fsp3) is 0.300. The van der Waals surface area contributed by atoms with Gasteiger partial charge in [0.05, 0.1) is 5.69 Å². The van der Waals surface area contributed by atoms with Crippen LogP contribution in [0.4, 0.5) is 22.7 Å². The predicted molar refractivity (Wildman–Crippen MR) is 157 cm³/mol. The third-order valence-corrected chi connectivity index (χ3v) is 8.03. The van der Waals surface area contributed by atoms with Gasteiger partial charge in [0.15, 0.2) is 5.17 Å². The van der Waals surface area contributed by atoms with Gasteiger partial charge in [-0.15, -0.1) is 0 Å². The van der Waals surface area contributed by atoms with E-state index in [0.29, 0.717) is 0 Å². The molecule has 5 nitrogen and oxygen atoms in total. The molecule has 3 aromatic carbocycles. The predicted octanol–water partition coefficient (Wildman–Crippen LogP) is 6.48. The first-order valence-electron chi connectivity index (χ1n) is 12.6. The number of amidine groups is 1. The first-order valence-corrected chi connectivity index (χ1v) is 13.4. The summed E-state index contributed by atoms with van der Waals surface area (Å²) >= 11 is 1.69. The highest BCUT2D eigenvalue weighted by atomic mass is 32.2. The number of anilines is 3. The monoisotopic (exact) mass is 497 g/mol. The van der Waals surface area contributed by atoms with Crippen LogP contribution in [-0.4, -0.2) is 51.3 Å². The third-order valence-electron chi connectivity index (χ3n) is 7.27. The molecule has 0 saturated carbocycles. The third kappa shape index (κ3) is 3.84. The van der Waals surface area contributed by atoms with Crippen molar-refractivity contribution in [3.63, 3.8) is 0 Å². The van der Waals surface area contributed by atoms with Gasteiger partial charge >= 0.3 is 0 Å². The van der Waals surface area contributed by atoms with Crippen molar-refractivity contribution in [3.05, 3.63) is 95.0 Å². The highest BCUT2D eigenvalue weighted by molar-refractivity contribution is 8.16. The van der Waals surface area contributed by atoms with Crippen molar-refractivity contribution in [2.75, 3.05) is 56.0 Å². The zero-order valence-electron chi connectivity index (χ0n) is 22.1. The van der Waals surface area contributed by atoms with Gasteiger partial charge in [0, 0.05) is 70.1 Å². The fourth-order valence-corrected chi connectivity index (χ4v) is 6.07. The minimum Gasteiger partial charge on any atom is -0.378 e. The second kappa shape index (κ2) is 9.58. The van der Waals surface area contributed by atoms with E-state index in [2.05, 4.69) is 140 Å². The summed E-state index contributed by atoms with van der Waals surface area (Å²) in [5, 5.41) is 3.15. The Labute approximate surface area is 219 Å². The Hall–Kier alpha value is -3.38. The highest BCUT2D eigenvalue weighted by Gasteiger charge is 2.48. The summed E-state index contributed by atoms with van der Waals surface area (Å²) in [5.41, 5.74) is 7.75. The molecule has 0 unspecified atom stereocenters. The van der Waals surface area contributed by atoms with Crippen molar-refractivity contribution in [2.45, 2.75) is 19.4 Å². The average Bonchev–Trinajstić information content (AvgIpc) is 3.37. The van der Waals surface area contributed by atoms with E-state index in [4.69, 9.17) is 4.99 Å². The Bertz CT molecular complexity index is 1240. The molecule has 0 aliphatic carbocycles. The molecule has 6 heteroatoms. The van der Waals surface area contributed by atoms with Gasteiger partial charge in [-0.1, -0.05) is 42.1 Å². The van der Waals surface area contributed by atoms with Crippen LogP contribution in [0.15, 0.2) is 83.3 Å². The van der Waals surface area contributed by atoms with E-state index in [1.54, 1.807) is 11.8 Å². The van der Waals surface area contributed by atoms with Crippen LogP contribution in [0.3, 0.4) is 0 Å². The Morgan fingerprint density at radius 2 is 1.28 bits per heavy atom. The Kier molecular flexibility index (Phi) is 6.47. The molecule has 0 amide bonds. The Morgan fingerprint density at radius 3 is 1.78 bits per heavy atom. The van der Waals surface area contributed by atoms with Crippen molar-refractivity contribution in [1.82, 2.24) is 4.90 Å². The number of thioether (sulfide) groups is 1. The SMILES string of the molecule is CCN(CC)c1ccc2c(c1)N=C1SC=CN1C2(c1ccc(N(C)C)cc1)c1ccc(N(C)C)cc1. The van der Waals surface area contributed by atoms with Gasteiger partial charge < -0.3 is 19.6 Å². The minimum atomic E-state index is -0.524. The first kappa shape index (κ1) is 24.3. The number of benzene rings is 3. The van der Waals surface area contributed by atoms with E-state index in [1.807, 2.05) is 0 Å². The van der Waals surface area contributed by atoms with Crippen LogP contribution in [-0.2, 0) is 5.54 Å². The molecule has 2 heterocycles. The van der Waals surface area contributed by atoms with Crippen LogP contribution in [0.5, 0.6) is 0 Å². The maximum absolute atomic E-state index is 5.16. The summed E-state index contributed by atoms with van der Waals surface area (Å²) < 4.78 is 0. The number of hydrogen-bond donors (Lipinski definition) is 0. The van der Waals surface area contributed by atoms with Crippen LogP contribution in [0.25, 0.3) is 0 Å². The summed E-state index contributed by atoms with van der Waals surface area (Å²) in [7, 11) is 8.33. The quantitative estimate of drug-likeness (QED) is 0.372. The molecule has 0 fully saturated rings. The lowest BCUT2D eigenvalue weighted by Crippen LogP contribution is -2.48. The van der Waals surface area contributed by atoms with E-state index >= 15 is 0 Å². The topological polar surface area (TPSA) is 25.3 Å². The molecule has 0 spiro atoms. The van der Waals surface area contributed by atoms with Crippen LogP contribution < -0.4 is 14.7 Å². The maximum atomic E-state index is 5.16. The zero-order chi connectivity index (χ0) is 25.4. The lowest BCUT2D eigenvalue weighted by atomic mass is 9.74. The summed E-state index contributed by atoms with van der Waals surface area (Å²) in [6.07, 6.45) is 2.18. The van der Waals surface area contributed by atoms with E-state index in [0.717, 1.165) is 23.9 Å². The van der Waals surface area contributed by atoms with E-state index in [-0.39, 0.29) is 0 Å². The van der Waals surface area contributed by atoms with Crippen LogP contribution in [0.1, 0.15) is 30.5 Å². The van der Waals surface area contributed by atoms with Gasteiger partial charge in [-0.2, -0.15) is 0 Å². The van der Waals surface area contributed by atoms with E-state index < -0.39 is 5.54 Å². The lowest BCUT2D eigenvalue weighted by molar-refractivity contribution is 0.353. The molecule has 5 rings (SSSR count). The zero-order valence-corrected chi connectivity index (χ0v) is 22.9. The van der Waals surface area contributed by atoms with Crippen molar-refractivity contribution < 1.29 is 0 Å². The second-order valence-corrected chi connectivity index (χ2v) is 10.5. The lowest BCUT2D eigenvalue weighted by Gasteiger charge is -2.46. The fourth-order valence-electron chi connectivity index (χ4n) is 5.30. The normalized spacial score (nSPS) is 15.3. The summed E-state index contributed by atoms with van der Waals surface area (Å²) in [4.78, 5) is 14.2. The van der Waals surface area contributed by atoms with E-state index in [9.17, 15) is 0 Å². The molecule has 0 N–H and O–H groups in total. The number of hydrogen-bond acceptors (Lipinski definition) is 6. The number of nitrogens with zero attached hydrogens (tertiary/aromatic N) is 5. The van der Waals surface area contributed by atoms with Crippen LogP contribution >= 0.6 is 11.8 Å². The van der Waals surface area contributed by atoms with Gasteiger partial charge in [-0.05, 0) is 66.8 Å². The second-order valence-electron chi connectivity index (χ2n) is 9.63. The van der Waals surface area contributed by atoms with Crippen LogP contribution in [0.2, 0.25) is 0 Å². The Balaban J connectivity index is 1.79. The largest absolute Gasteiger partial charge is 0.378 e. The minimum absolute atomic E-state index is 0.524. The standard InChI is InChI=1S/C30H35N5S/c1-7-34(8-2)26-17-18-27-28(21-26)31-29-35(19-20-36-29)30(27,22-9-13-24(14-10-22)32(3)4)23-11-15-25(16-12-23)33(5)6/h9-21H,7-8H2,1-6H3. The molecule has 3 aromatic rings. The van der Waals surface area contributed by atoms with Gasteiger partial charge in [-0.3, -0.25) is 0 Å². The van der Waals surface area contributed by atoms with Gasteiger partial charge in [0.1, 0.15) is 5.54 Å². The molecule has 0 atom stereocenters. The first-order chi connectivity index (χ1) is 17.4. The van der Waals surface area contributed by atoms with E-state index in [1.165, 1.54) is 33.8 Å². The van der Waals surface area contributed by atoms with Crippen molar-refractivity contribution in [2.24, 2.45) is 4.99 Å². The highest BCUT2D eigenvalue weighted by Crippen LogP contribution is 2.53. The summed E-state index contributed by atoms with van der Waals surface area (Å²) in [6.45, 7) is 6.35. The molecule has 0 saturated heterocycles. The number of fused-ring (bicyclic) bond motifs is 2. The Morgan fingerprint density at radius 1 is 0.750 bits per heavy atom. The molecule has 0 aromatic heterocycles. The van der Waals surface area contributed by atoms with Gasteiger partial charge in [0.25, 0.3) is 0 Å². The molecule has 0 bridgehead atoms. The molecular formula is C30H35N5S. The average molecular weight is 498 g/mol. The van der Waals surface area contributed by atoms with Crippen molar-refractivity contribution in [3.8, 4) is 0 Å². The van der Waals surface area contributed by atoms with Crippen molar-refractivity contribution in [1.29, 1.82) is 0 Å². The van der Waals surface area contributed by atoms with Gasteiger partial charge in [-0.25, -0.2) is 4.99 Å². The van der Waals surface area contributed by atoms with Gasteiger partial charge in [0.2, 0.25) is 0 Å². The molecule has 186 valence electrons. The summed E-state index contributed by atoms with van der Waals surface area (Å²) in [6, 6.07) is 24.8. The number of rotatable bonds is 7. The number of aliphatic imine (C=N–C) groups is 1. The molecular weight excluding hydrogens is 462 g/mol. The molecule has 0 radical (unpaired) electrons. The van der Waals surface area contributed by atoms with Crippen LogP contribution in [0, 0.1) is 0 Å².